The Labute approximate surface area is 105 Å². The van der Waals surface area contributed by atoms with Crippen molar-refractivity contribution < 1.29 is 9.18 Å². The van der Waals surface area contributed by atoms with Gasteiger partial charge in [-0.2, -0.15) is 5.26 Å². The molecular formula is C13H16FN3O. The SMILES string of the molecule is N#Cc1ccc(C(=O)NC2CCCCCC2F)[nH]1. The fourth-order valence-corrected chi connectivity index (χ4v) is 2.26. The molecule has 2 rings (SSSR count). The normalized spacial score (nSPS) is 24.0. The van der Waals surface area contributed by atoms with Gasteiger partial charge in [0.05, 0.1) is 6.04 Å². The van der Waals surface area contributed by atoms with E-state index in [9.17, 15) is 9.18 Å². The number of halogens is 1. The second kappa shape index (κ2) is 5.67. The van der Waals surface area contributed by atoms with Crippen LogP contribution in [0.25, 0.3) is 0 Å². The zero-order valence-electron chi connectivity index (χ0n) is 10.1. The van der Waals surface area contributed by atoms with E-state index in [1.807, 2.05) is 6.07 Å². The molecule has 0 spiro atoms. The van der Waals surface area contributed by atoms with Crippen molar-refractivity contribution in [3.63, 3.8) is 0 Å². The number of nitrogens with one attached hydrogen (secondary N) is 2. The van der Waals surface area contributed by atoms with E-state index in [0.717, 1.165) is 19.3 Å². The standard InChI is InChI=1S/C13H16FN3O/c14-10-4-2-1-3-5-11(10)17-13(18)12-7-6-9(8-15)16-12/h6-7,10-11,16H,1-5H2,(H,17,18). The van der Waals surface area contributed by atoms with Crippen LogP contribution in [0.15, 0.2) is 12.1 Å². The third-order valence-corrected chi connectivity index (χ3v) is 3.30. The van der Waals surface area contributed by atoms with E-state index in [0.29, 0.717) is 24.2 Å². The van der Waals surface area contributed by atoms with Crippen molar-refractivity contribution in [2.24, 2.45) is 0 Å². The number of aromatic nitrogens is 1. The molecule has 1 amide bonds. The van der Waals surface area contributed by atoms with Gasteiger partial charge in [0, 0.05) is 0 Å². The van der Waals surface area contributed by atoms with Crippen molar-refractivity contribution in [3.05, 3.63) is 23.5 Å². The molecule has 1 aromatic rings. The van der Waals surface area contributed by atoms with Gasteiger partial charge in [0.25, 0.3) is 5.91 Å². The number of carbonyl (C=O) groups excluding carboxylic acids is 1. The molecular weight excluding hydrogens is 233 g/mol. The summed E-state index contributed by atoms with van der Waals surface area (Å²) < 4.78 is 13.8. The molecule has 0 aliphatic heterocycles. The van der Waals surface area contributed by atoms with Crippen molar-refractivity contribution in [2.75, 3.05) is 0 Å². The van der Waals surface area contributed by atoms with Crippen LogP contribution in [-0.4, -0.2) is 23.1 Å². The van der Waals surface area contributed by atoms with Gasteiger partial charge in [0.2, 0.25) is 0 Å². The van der Waals surface area contributed by atoms with E-state index in [-0.39, 0.29) is 5.91 Å². The zero-order chi connectivity index (χ0) is 13.0. The number of hydrogen-bond donors (Lipinski definition) is 2. The highest BCUT2D eigenvalue weighted by Gasteiger charge is 2.25. The van der Waals surface area contributed by atoms with Gasteiger partial charge in [-0.05, 0) is 25.0 Å². The zero-order valence-corrected chi connectivity index (χ0v) is 10.1. The topological polar surface area (TPSA) is 68.7 Å². The van der Waals surface area contributed by atoms with Gasteiger partial charge < -0.3 is 10.3 Å². The average molecular weight is 249 g/mol. The predicted octanol–water partition coefficient (Wildman–Crippen LogP) is 2.29. The first-order chi connectivity index (χ1) is 8.70. The third-order valence-electron chi connectivity index (χ3n) is 3.30. The van der Waals surface area contributed by atoms with Crippen molar-refractivity contribution in [2.45, 2.75) is 44.3 Å². The number of carbonyl (C=O) groups is 1. The molecule has 96 valence electrons. The first kappa shape index (κ1) is 12.6. The third kappa shape index (κ3) is 2.89. The van der Waals surface area contributed by atoms with Gasteiger partial charge >= 0.3 is 0 Å². The molecule has 1 aliphatic rings. The van der Waals surface area contributed by atoms with Crippen LogP contribution in [-0.2, 0) is 0 Å². The number of rotatable bonds is 2. The summed E-state index contributed by atoms with van der Waals surface area (Å²) in [5.41, 5.74) is 0.640. The number of nitrogens with zero attached hydrogens (tertiary/aromatic N) is 1. The second-order valence-corrected chi connectivity index (χ2v) is 4.63. The summed E-state index contributed by atoms with van der Waals surface area (Å²) >= 11 is 0. The molecule has 1 fully saturated rings. The summed E-state index contributed by atoms with van der Waals surface area (Å²) in [7, 11) is 0. The minimum atomic E-state index is -0.971. The van der Waals surface area contributed by atoms with E-state index in [1.54, 1.807) is 0 Å². The summed E-state index contributed by atoms with van der Waals surface area (Å²) in [4.78, 5) is 14.6. The van der Waals surface area contributed by atoms with Gasteiger partial charge in [-0.3, -0.25) is 4.79 Å². The van der Waals surface area contributed by atoms with Crippen LogP contribution in [0.1, 0.15) is 48.3 Å². The molecule has 1 heterocycles. The summed E-state index contributed by atoms with van der Waals surface area (Å²) in [6, 6.07) is 4.58. The Balaban J connectivity index is 1.99. The molecule has 0 saturated heterocycles. The summed E-state index contributed by atoms with van der Waals surface area (Å²) in [6.07, 6.45) is 3.07. The maximum Gasteiger partial charge on any atom is 0.268 e. The molecule has 2 atom stereocenters. The maximum absolute atomic E-state index is 13.8. The smallest absolute Gasteiger partial charge is 0.268 e. The van der Waals surface area contributed by atoms with Crippen LogP contribution >= 0.6 is 0 Å². The molecule has 18 heavy (non-hydrogen) atoms. The molecule has 4 nitrogen and oxygen atoms in total. The van der Waals surface area contributed by atoms with E-state index < -0.39 is 12.2 Å². The van der Waals surface area contributed by atoms with Crippen molar-refractivity contribution in [1.29, 1.82) is 5.26 Å². The summed E-state index contributed by atoms with van der Waals surface area (Å²) in [5, 5.41) is 11.4. The van der Waals surface area contributed by atoms with Crippen molar-refractivity contribution in [3.8, 4) is 6.07 Å². The molecule has 1 aromatic heterocycles. The Bertz CT molecular complexity index is 463. The lowest BCUT2D eigenvalue weighted by atomic mass is 10.1. The fourth-order valence-electron chi connectivity index (χ4n) is 2.26. The quantitative estimate of drug-likeness (QED) is 0.789. The van der Waals surface area contributed by atoms with Gasteiger partial charge in [0.1, 0.15) is 23.6 Å². The highest BCUT2D eigenvalue weighted by molar-refractivity contribution is 5.92. The Morgan fingerprint density at radius 2 is 2.17 bits per heavy atom. The van der Waals surface area contributed by atoms with Gasteiger partial charge in [-0.25, -0.2) is 4.39 Å². The monoisotopic (exact) mass is 249 g/mol. The lowest BCUT2D eigenvalue weighted by molar-refractivity contribution is 0.0901. The Morgan fingerprint density at radius 3 is 2.89 bits per heavy atom. The van der Waals surface area contributed by atoms with Crippen molar-refractivity contribution in [1.82, 2.24) is 10.3 Å². The van der Waals surface area contributed by atoms with Crippen molar-refractivity contribution >= 4 is 5.91 Å². The Kier molecular flexibility index (Phi) is 3.98. The number of H-pyrrole nitrogens is 1. The number of hydrogen-bond acceptors (Lipinski definition) is 2. The van der Waals surface area contributed by atoms with Crippen LogP contribution in [0, 0.1) is 11.3 Å². The first-order valence-corrected chi connectivity index (χ1v) is 6.25. The Morgan fingerprint density at radius 1 is 1.39 bits per heavy atom. The number of alkyl halides is 1. The maximum atomic E-state index is 13.8. The highest BCUT2D eigenvalue weighted by atomic mass is 19.1. The number of aromatic amines is 1. The molecule has 1 saturated carbocycles. The second-order valence-electron chi connectivity index (χ2n) is 4.63. The number of nitriles is 1. The molecule has 2 N–H and O–H groups in total. The highest BCUT2D eigenvalue weighted by Crippen LogP contribution is 2.20. The summed E-state index contributed by atoms with van der Waals surface area (Å²) in [5.74, 6) is -0.342. The molecule has 5 heteroatoms. The minimum absolute atomic E-state index is 0.308. The molecule has 2 unspecified atom stereocenters. The van der Waals surface area contributed by atoms with Gasteiger partial charge in [-0.15, -0.1) is 0 Å². The molecule has 1 aliphatic carbocycles. The van der Waals surface area contributed by atoms with Crippen LogP contribution in [0.5, 0.6) is 0 Å². The molecule has 0 aromatic carbocycles. The fraction of sp³-hybridized carbons (Fsp3) is 0.538. The van der Waals surface area contributed by atoms with Crippen LogP contribution < -0.4 is 5.32 Å². The van der Waals surface area contributed by atoms with Gasteiger partial charge in [-0.1, -0.05) is 19.3 Å². The molecule has 0 bridgehead atoms. The van der Waals surface area contributed by atoms with Crippen LogP contribution in [0.3, 0.4) is 0 Å². The van der Waals surface area contributed by atoms with Crippen LogP contribution in [0.4, 0.5) is 4.39 Å². The first-order valence-electron chi connectivity index (χ1n) is 6.25. The largest absolute Gasteiger partial charge is 0.345 e. The lowest BCUT2D eigenvalue weighted by Crippen LogP contribution is -2.41. The summed E-state index contributed by atoms with van der Waals surface area (Å²) in [6.45, 7) is 0. The lowest BCUT2D eigenvalue weighted by Gasteiger charge is -2.19. The predicted molar refractivity (Wildman–Crippen MR) is 64.7 cm³/mol. The van der Waals surface area contributed by atoms with E-state index in [1.165, 1.54) is 12.1 Å². The molecule has 0 radical (unpaired) electrons. The average Bonchev–Trinajstić information content (AvgIpc) is 2.77. The number of amides is 1. The van der Waals surface area contributed by atoms with E-state index >= 15 is 0 Å². The Hall–Kier alpha value is -1.83. The minimum Gasteiger partial charge on any atom is -0.345 e. The van der Waals surface area contributed by atoms with E-state index in [4.69, 9.17) is 5.26 Å². The van der Waals surface area contributed by atoms with Gasteiger partial charge in [0.15, 0.2) is 0 Å². The van der Waals surface area contributed by atoms with Crippen LogP contribution in [0.2, 0.25) is 0 Å². The van der Waals surface area contributed by atoms with E-state index in [2.05, 4.69) is 10.3 Å².